The number of rotatable bonds is 6. The third-order valence-electron chi connectivity index (χ3n) is 5.39. The van der Waals surface area contributed by atoms with Gasteiger partial charge in [0, 0.05) is 12.1 Å². The first-order valence-electron chi connectivity index (χ1n) is 10.1. The molecule has 150 valence electrons. The highest BCUT2D eigenvalue weighted by atomic mass is 16.5. The summed E-state index contributed by atoms with van der Waals surface area (Å²) in [6, 6.07) is 19.8. The van der Waals surface area contributed by atoms with E-state index in [9.17, 15) is 4.79 Å². The summed E-state index contributed by atoms with van der Waals surface area (Å²) in [7, 11) is 0. The van der Waals surface area contributed by atoms with E-state index in [1.54, 1.807) is 0 Å². The summed E-state index contributed by atoms with van der Waals surface area (Å²) in [5, 5.41) is 7.25. The number of nitrogens with one attached hydrogen (secondary N) is 1. The fourth-order valence-electron chi connectivity index (χ4n) is 3.78. The lowest BCUT2D eigenvalue weighted by Gasteiger charge is -2.31. The molecule has 0 aliphatic carbocycles. The van der Waals surface area contributed by atoms with E-state index in [4.69, 9.17) is 4.52 Å². The van der Waals surface area contributed by atoms with Crippen LogP contribution in [0.4, 0.5) is 0 Å². The lowest BCUT2D eigenvalue weighted by molar-refractivity contribution is -0.127. The topological polar surface area (TPSA) is 71.3 Å². The minimum absolute atomic E-state index is 0.00319. The molecule has 6 nitrogen and oxygen atoms in total. The van der Waals surface area contributed by atoms with E-state index in [1.165, 1.54) is 0 Å². The maximum Gasteiger partial charge on any atom is 0.241 e. The van der Waals surface area contributed by atoms with Crippen molar-refractivity contribution in [1.82, 2.24) is 20.4 Å². The Labute approximate surface area is 170 Å². The molecule has 1 aromatic heterocycles. The number of piperidine rings is 1. The van der Waals surface area contributed by atoms with Gasteiger partial charge in [0.05, 0.1) is 18.5 Å². The molecule has 1 fully saturated rings. The van der Waals surface area contributed by atoms with Crippen molar-refractivity contribution in [3.63, 3.8) is 0 Å². The molecule has 2 unspecified atom stereocenters. The van der Waals surface area contributed by atoms with Gasteiger partial charge in [-0.3, -0.25) is 9.69 Å². The van der Waals surface area contributed by atoms with E-state index >= 15 is 0 Å². The van der Waals surface area contributed by atoms with Gasteiger partial charge in [0.1, 0.15) is 0 Å². The quantitative estimate of drug-likeness (QED) is 0.693. The van der Waals surface area contributed by atoms with Crippen molar-refractivity contribution in [3.8, 4) is 11.4 Å². The second-order valence-corrected chi connectivity index (χ2v) is 7.59. The first-order valence-corrected chi connectivity index (χ1v) is 10.1. The number of hydrogen-bond donors (Lipinski definition) is 1. The van der Waals surface area contributed by atoms with Gasteiger partial charge in [0.2, 0.25) is 17.6 Å². The predicted octanol–water partition coefficient (Wildman–Crippen LogP) is 3.83. The molecule has 2 aromatic carbocycles. The van der Waals surface area contributed by atoms with Crippen LogP contribution in [0.15, 0.2) is 65.2 Å². The van der Waals surface area contributed by atoms with Crippen LogP contribution >= 0.6 is 0 Å². The van der Waals surface area contributed by atoms with Gasteiger partial charge in [-0.2, -0.15) is 4.98 Å². The molecule has 1 aliphatic rings. The standard InChI is InChI=1S/C23H26N4O2/c1-17(18-9-4-2-5-10-18)24-23(28)20-13-8-14-27(15-20)16-21-25-22(26-29-21)19-11-6-3-7-12-19/h2-7,9-12,17,20H,8,13-16H2,1H3,(H,24,28). The molecule has 0 spiro atoms. The van der Waals surface area contributed by atoms with E-state index in [0.717, 1.165) is 30.5 Å². The van der Waals surface area contributed by atoms with Crippen molar-refractivity contribution in [3.05, 3.63) is 72.1 Å². The molecule has 1 N–H and O–H groups in total. The molecule has 0 saturated carbocycles. The molecule has 6 heteroatoms. The number of hydrogen-bond acceptors (Lipinski definition) is 5. The Morgan fingerprint density at radius 3 is 2.66 bits per heavy atom. The Bertz CT molecular complexity index is 926. The fourth-order valence-corrected chi connectivity index (χ4v) is 3.78. The highest BCUT2D eigenvalue weighted by Gasteiger charge is 2.27. The Morgan fingerprint density at radius 2 is 1.90 bits per heavy atom. The largest absolute Gasteiger partial charge is 0.349 e. The minimum atomic E-state index is -0.0218. The van der Waals surface area contributed by atoms with Gasteiger partial charge in [0.15, 0.2) is 0 Å². The zero-order valence-electron chi connectivity index (χ0n) is 16.6. The molecule has 1 amide bonds. The predicted molar refractivity (Wildman–Crippen MR) is 111 cm³/mol. The van der Waals surface area contributed by atoms with Crippen LogP contribution in [-0.4, -0.2) is 34.0 Å². The summed E-state index contributed by atoms with van der Waals surface area (Å²) >= 11 is 0. The first kappa shape index (κ1) is 19.3. The van der Waals surface area contributed by atoms with Crippen LogP contribution in [0.25, 0.3) is 11.4 Å². The molecular formula is C23H26N4O2. The molecule has 3 aromatic rings. The van der Waals surface area contributed by atoms with Crippen LogP contribution in [0.1, 0.15) is 37.3 Å². The van der Waals surface area contributed by atoms with Crippen molar-refractivity contribution >= 4 is 5.91 Å². The molecular weight excluding hydrogens is 364 g/mol. The average Bonchev–Trinajstić information content (AvgIpc) is 3.23. The van der Waals surface area contributed by atoms with Gasteiger partial charge >= 0.3 is 0 Å². The zero-order chi connectivity index (χ0) is 20.1. The monoisotopic (exact) mass is 390 g/mol. The average molecular weight is 390 g/mol. The maximum absolute atomic E-state index is 12.8. The zero-order valence-corrected chi connectivity index (χ0v) is 16.6. The number of benzene rings is 2. The van der Waals surface area contributed by atoms with Crippen molar-refractivity contribution in [2.45, 2.75) is 32.4 Å². The molecule has 0 radical (unpaired) electrons. The number of amides is 1. The van der Waals surface area contributed by atoms with Crippen LogP contribution in [0.5, 0.6) is 0 Å². The molecule has 1 aliphatic heterocycles. The van der Waals surface area contributed by atoms with Gasteiger partial charge in [-0.15, -0.1) is 0 Å². The van der Waals surface area contributed by atoms with E-state index < -0.39 is 0 Å². The summed E-state index contributed by atoms with van der Waals surface area (Å²) in [5.74, 6) is 1.28. The first-order chi connectivity index (χ1) is 14.2. The van der Waals surface area contributed by atoms with Gasteiger partial charge in [-0.25, -0.2) is 0 Å². The fraction of sp³-hybridized carbons (Fsp3) is 0.348. The number of likely N-dealkylation sites (tertiary alicyclic amines) is 1. The Hall–Kier alpha value is -2.99. The number of carbonyl (C=O) groups is 1. The normalized spacial score (nSPS) is 18.3. The number of aromatic nitrogens is 2. The molecule has 29 heavy (non-hydrogen) atoms. The summed E-state index contributed by atoms with van der Waals surface area (Å²) in [6.45, 7) is 4.23. The van der Waals surface area contributed by atoms with Crippen LogP contribution in [-0.2, 0) is 11.3 Å². The van der Waals surface area contributed by atoms with Crippen LogP contribution in [0.3, 0.4) is 0 Å². The van der Waals surface area contributed by atoms with Gasteiger partial charge < -0.3 is 9.84 Å². The summed E-state index contributed by atoms with van der Waals surface area (Å²) in [6.07, 6.45) is 1.89. The Kier molecular flexibility index (Phi) is 6.00. The molecule has 2 heterocycles. The molecule has 1 saturated heterocycles. The third-order valence-corrected chi connectivity index (χ3v) is 5.39. The van der Waals surface area contributed by atoms with Gasteiger partial charge in [0.25, 0.3) is 0 Å². The molecule has 0 bridgehead atoms. The van der Waals surface area contributed by atoms with Gasteiger partial charge in [-0.05, 0) is 31.9 Å². The molecule has 2 atom stereocenters. The van der Waals surface area contributed by atoms with E-state index in [2.05, 4.69) is 20.4 Å². The van der Waals surface area contributed by atoms with Crippen molar-refractivity contribution in [1.29, 1.82) is 0 Å². The van der Waals surface area contributed by atoms with E-state index in [0.29, 0.717) is 24.8 Å². The third kappa shape index (κ3) is 4.90. The highest BCUT2D eigenvalue weighted by Crippen LogP contribution is 2.21. The lowest BCUT2D eigenvalue weighted by atomic mass is 9.96. The lowest BCUT2D eigenvalue weighted by Crippen LogP contribution is -2.43. The number of nitrogens with zero attached hydrogens (tertiary/aromatic N) is 3. The van der Waals surface area contributed by atoms with Crippen molar-refractivity contribution in [2.75, 3.05) is 13.1 Å². The Balaban J connectivity index is 1.34. The van der Waals surface area contributed by atoms with Crippen LogP contribution in [0, 0.1) is 5.92 Å². The second-order valence-electron chi connectivity index (χ2n) is 7.59. The smallest absolute Gasteiger partial charge is 0.241 e. The second kappa shape index (κ2) is 9.01. The Morgan fingerprint density at radius 1 is 1.17 bits per heavy atom. The van der Waals surface area contributed by atoms with Crippen molar-refractivity contribution in [2.24, 2.45) is 5.92 Å². The van der Waals surface area contributed by atoms with E-state index in [-0.39, 0.29) is 17.9 Å². The molecule has 4 rings (SSSR count). The summed E-state index contributed by atoms with van der Waals surface area (Å²) < 4.78 is 5.44. The van der Waals surface area contributed by atoms with Gasteiger partial charge in [-0.1, -0.05) is 65.8 Å². The van der Waals surface area contributed by atoms with Crippen LogP contribution in [0.2, 0.25) is 0 Å². The SMILES string of the molecule is CC(NC(=O)C1CCCN(Cc2nc(-c3ccccc3)no2)C1)c1ccccc1. The number of carbonyl (C=O) groups excluding carboxylic acids is 1. The van der Waals surface area contributed by atoms with E-state index in [1.807, 2.05) is 67.6 Å². The minimum Gasteiger partial charge on any atom is -0.349 e. The summed E-state index contributed by atoms with van der Waals surface area (Å²) in [4.78, 5) is 19.5. The van der Waals surface area contributed by atoms with Crippen LogP contribution < -0.4 is 5.32 Å². The van der Waals surface area contributed by atoms with Crippen molar-refractivity contribution < 1.29 is 9.32 Å². The highest BCUT2D eigenvalue weighted by molar-refractivity contribution is 5.79. The maximum atomic E-state index is 12.8. The summed E-state index contributed by atoms with van der Waals surface area (Å²) in [5.41, 5.74) is 2.06.